The highest BCUT2D eigenvalue weighted by Gasteiger charge is 2.28. The molecule has 1 aromatic rings. The average molecular weight is 283 g/mol. The minimum atomic E-state index is -1.10. The second kappa shape index (κ2) is 5.96. The number of nitrogens with one attached hydrogen (secondary N) is 1. The summed E-state index contributed by atoms with van der Waals surface area (Å²) in [4.78, 5) is 24.7. The van der Waals surface area contributed by atoms with Gasteiger partial charge in [0, 0.05) is 18.2 Å². The number of benzene rings is 1. The first-order valence-corrected chi connectivity index (χ1v) is 6.24. The van der Waals surface area contributed by atoms with E-state index in [2.05, 4.69) is 5.32 Å². The third-order valence-corrected chi connectivity index (χ3v) is 3.23. The van der Waals surface area contributed by atoms with Gasteiger partial charge in [-0.15, -0.1) is 0 Å². The molecule has 0 saturated carbocycles. The van der Waals surface area contributed by atoms with Crippen molar-refractivity contribution in [2.75, 3.05) is 19.6 Å². The topological polar surface area (TPSA) is 75.4 Å². The van der Waals surface area contributed by atoms with Crippen LogP contribution in [0, 0.1) is 11.6 Å². The molecule has 0 aliphatic carbocycles. The van der Waals surface area contributed by atoms with Gasteiger partial charge in [0.2, 0.25) is 5.91 Å². The molecule has 1 saturated heterocycles. The normalized spacial score (nSPS) is 18.0. The zero-order chi connectivity index (χ0) is 14.7. The van der Waals surface area contributed by atoms with Gasteiger partial charge in [0.05, 0.1) is 6.54 Å². The summed E-state index contributed by atoms with van der Waals surface area (Å²) in [7, 11) is 0. The number of hydrogen-bond donors (Lipinski definition) is 2. The van der Waals surface area contributed by atoms with Crippen molar-refractivity contribution in [1.82, 2.24) is 10.2 Å². The molecule has 2 amide bonds. The van der Waals surface area contributed by atoms with Crippen LogP contribution in [0.2, 0.25) is 0 Å². The molecule has 108 valence electrons. The maximum atomic E-state index is 13.2. The molecule has 20 heavy (non-hydrogen) atoms. The Kier molecular flexibility index (Phi) is 4.29. The molecule has 1 heterocycles. The van der Waals surface area contributed by atoms with Crippen LogP contribution in [-0.4, -0.2) is 42.4 Å². The van der Waals surface area contributed by atoms with E-state index in [0.717, 1.165) is 18.7 Å². The number of rotatable bonds is 4. The molecule has 7 heteroatoms. The highest BCUT2D eigenvalue weighted by atomic mass is 19.2. The fourth-order valence-electron chi connectivity index (χ4n) is 2.24. The first-order valence-electron chi connectivity index (χ1n) is 6.24. The molecule has 1 atom stereocenters. The van der Waals surface area contributed by atoms with E-state index in [1.165, 1.54) is 11.0 Å². The van der Waals surface area contributed by atoms with Crippen LogP contribution in [0.1, 0.15) is 16.8 Å². The van der Waals surface area contributed by atoms with E-state index in [-0.39, 0.29) is 18.2 Å². The maximum Gasteiger partial charge on any atom is 0.254 e. The highest BCUT2D eigenvalue weighted by molar-refractivity contribution is 5.96. The van der Waals surface area contributed by atoms with Crippen molar-refractivity contribution in [3.8, 4) is 0 Å². The summed E-state index contributed by atoms with van der Waals surface area (Å²) in [5, 5.41) is 3.07. The zero-order valence-corrected chi connectivity index (χ0v) is 10.7. The molecule has 1 aliphatic heterocycles. The van der Waals surface area contributed by atoms with E-state index in [1.807, 2.05) is 0 Å². The quantitative estimate of drug-likeness (QED) is 0.832. The van der Waals surface area contributed by atoms with E-state index in [4.69, 9.17) is 5.73 Å². The molecule has 2 rings (SSSR count). The molecule has 0 spiro atoms. The van der Waals surface area contributed by atoms with Crippen molar-refractivity contribution in [1.29, 1.82) is 0 Å². The summed E-state index contributed by atoms with van der Waals surface area (Å²) < 4.78 is 26.1. The molecule has 0 aromatic heterocycles. The van der Waals surface area contributed by atoms with E-state index in [0.29, 0.717) is 13.0 Å². The lowest BCUT2D eigenvalue weighted by molar-refractivity contribution is -0.119. The summed E-state index contributed by atoms with van der Waals surface area (Å²) in [5.74, 6) is -3.30. The summed E-state index contributed by atoms with van der Waals surface area (Å²) in [5.41, 5.74) is 5.14. The molecule has 5 nitrogen and oxygen atoms in total. The number of nitrogens with zero attached hydrogens (tertiary/aromatic N) is 1. The second-order valence-corrected chi connectivity index (χ2v) is 4.67. The third kappa shape index (κ3) is 3.11. The van der Waals surface area contributed by atoms with Crippen LogP contribution >= 0.6 is 0 Å². The van der Waals surface area contributed by atoms with E-state index in [9.17, 15) is 18.4 Å². The molecule has 1 aliphatic rings. The Hall–Kier alpha value is -2.02. The molecular weight excluding hydrogens is 268 g/mol. The van der Waals surface area contributed by atoms with E-state index in [1.54, 1.807) is 0 Å². The number of carbonyl (C=O) groups excluding carboxylic acids is 2. The Labute approximate surface area is 114 Å². The molecule has 0 radical (unpaired) electrons. The highest BCUT2D eigenvalue weighted by Crippen LogP contribution is 2.15. The third-order valence-electron chi connectivity index (χ3n) is 3.23. The lowest BCUT2D eigenvalue weighted by Gasteiger charge is -2.27. The van der Waals surface area contributed by atoms with Gasteiger partial charge in [-0.3, -0.25) is 9.59 Å². The Morgan fingerprint density at radius 2 is 2.10 bits per heavy atom. The number of carbonyl (C=O) groups is 2. The van der Waals surface area contributed by atoms with Gasteiger partial charge in [0.25, 0.3) is 5.91 Å². The first kappa shape index (κ1) is 14.4. The summed E-state index contributed by atoms with van der Waals surface area (Å²) >= 11 is 0. The Balaban J connectivity index is 2.24. The molecule has 1 fully saturated rings. The summed E-state index contributed by atoms with van der Waals surface area (Å²) in [6.45, 7) is 1.03. The second-order valence-electron chi connectivity index (χ2n) is 4.67. The van der Waals surface area contributed by atoms with Crippen LogP contribution in [0.15, 0.2) is 18.2 Å². The van der Waals surface area contributed by atoms with Crippen LogP contribution < -0.4 is 11.1 Å². The maximum absolute atomic E-state index is 13.2. The van der Waals surface area contributed by atoms with Crippen LogP contribution in [0.5, 0.6) is 0 Å². The van der Waals surface area contributed by atoms with Crippen molar-refractivity contribution in [3.05, 3.63) is 35.4 Å². The number of primary amides is 1. The van der Waals surface area contributed by atoms with Gasteiger partial charge in [0.1, 0.15) is 0 Å². The van der Waals surface area contributed by atoms with Crippen molar-refractivity contribution in [3.63, 3.8) is 0 Å². The van der Waals surface area contributed by atoms with Gasteiger partial charge >= 0.3 is 0 Å². The Morgan fingerprint density at radius 1 is 1.35 bits per heavy atom. The van der Waals surface area contributed by atoms with Gasteiger partial charge in [-0.25, -0.2) is 8.78 Å². The average Bonchev–Trinajstić information content (AvgIpc) is 2.92. The number of halogens is 2. The number of nitrogens with two attached hydrogens (primary N) is 1. The van der Waals surface area contributed by atoms with Crippen LogP contribution in [0.25, 0.3) is 0 Å². The van der Waals surface area contributed by atoms with Gasteiger partial charge in [-0.1, -0.05) is 0 Å². The van der Waals surface area contributed by atoms with Gasteiger partial charge < -0.3 is 16.0 Å². The lowest BCUT2D eigenvalue weighted by atomic mass is 10.1. The lowest BCUT2D eigenvalue weighted by Crippen LogP contribution is -2.46. The molecular formula is C13H15F2N3O2. The minimum Gasteiger partial charge on any atom is -0.368 e. The van der Waals surface area contributed by atoms with Crippen LogP contribution in [0.4, 0.5) is 8.78 Å². The van der Waals surface area contributed by atoms with Crippen molar-refractivity contribution in [2.24, 2.45) is 5.73 Å². The van der Waals surface area contributed by atoms with Crippen molar-refractivity contribution >= 4 is 11.8 Å². The van der Waals surface area contributed by atoms with Crippen molar-refractivity contribution < 1.29 is 18.4 Å². The minimum absolute atomic E-state index is 0.00273. The van der Waals surface area contributed by atoms with Crippen molar-refractivity contribution in [2.45, 2.75) is 12.5 Å². The monoisotopic (exact) mass is 283 g/mol. The molecule has 1 aromatic carbocycles. The predicted molar refractivity (Wildman–Crippen MR) is 67.9 cm³/mol. The fraction of sp³-hybridized carbons (Fsp3) is 0.385. The van der Waals surface area contributed by atoms with Crippen LogP contribution in [-0.2, 0) is 4.79 Å². The summed E-state index contributed by atoms with van der Waals surface area (Å²) in [6.07, 6.45) is 0.683. The fourth-order valence-corrected chi connectivity index (χ4v) is 2.24. The Morgan fingerprint density at radius 3 is 2.65 bits per heavy atom. The number of hydrogen-bond acceptors (Lipinski definition) is 3. The van der Waals surface area contributed by atoms with E-state index >= 15 is 0 Å². The SMILES string of the molecule is NC(=O)CN(C(=O)c1ccc(F)c(F)c1)C1CCNC1. The zero-order valence-electron chi connectivity index (χ0n) is 10.7. The van der Waals surface area contributed by atoms with Crippen LogP contribution in [0.3, 0.4) is 0 Å². The van der Waals surface area contributed by atoms with Gasteiger partial charge in [-0.05, 0) is 31.2 Å². The molecule has 3 N–H and O–H groups in total. The van der Waals surface area contributed by atoms with Gasteiger partial charge in [0.15, 0.2) is 11.6 Å². The van der Waals surface area contributed by atoms with E-state index < -0.39 is 23.4 Å². The molecule has 0 bridgehead atoms. The predicted octanol–water partition coefficient (Wildman–Crippen LogP) is 0.254. The standard InChI is InChI=1S/C13H15F2N3O2/c14-10-2-1-8(5-11(10)15)13(20)18(7-12(16)19)9-3-4-17-6-9/h1-2,5,9,17H,3-4,6-7H2,(H2,16,19). The Bertz CT molecular complexity index is 530. The largest absolute Gasteiger partial charge is 0.368 e. The smallest absolute Gasteiger partial charge is 0.254 e. The first-order chi connectivity index (χ1) is 9.49. The van der Waals surface area contributed by atoms with Gasteiger partial charge in [-0.2, -0.15) is 0 Å². The number of amides is 2. The summed E-state index contributed by atoms with van der Waals surface area (Å²) in [6, 6.07) is 2.73. The molecule has 1 unspecified atom stereocenters.